The van der Waals surface area contributed by atoms with E-state index >= 15 is 0 Å². The van der Waals surface area contributed by atoms with Crippen LogP contribution in [0.15, 0.2) is 35.5 Å². The van der Waals surface area contributed by atoms with Crippen molar-refractivity contribution in [3.8, 4) is 0 Å². The Hall–Kier alpha value is -3.12. The highest BCUT2D eigenvalue weighted by Crippen LogP contribution is 2.30. The molecule has 1 aromatic rings. The van der Waals surface area contributed by atoms with Crippen LogP contribution in [-0.2, 0) is 24.0 Å². The lowest BCUT2D eigenvalue weighted by Crippen LogP contribution is -2.55. The van der Waals surface area contributed by atoms with Gasteiger partial charge in [-0.1, -0.05) is 11.6 Å². The number of ketones is 1. The van der Waals surface area contributed by atoms with Gasteiger partial charge < -0.3 is 19.8 Å². The summed E-state index contributed by atoms with van der Waals surface area (Å²) in [6.45, 7) is 0.875. The fourth-order valence-corrected chi connectivity index (χ4v) is 4.92. The van der Waals surface area contributed by atoms with E-state index in [4.69, 9.17) is 16.3 Å². The number of halogens is 4. The van der Waals surface area contributed by atoms with Crippen molar-refractivity contribution < 1.29 is 41.9 Å². The lowest BCUT2D eigenvalue weighted by molar-refractivity contribution is -0.243. The summed E-state index contributed by atoms with van der Waals surface area (Å²) in [6, 6.07) is 6.68. The molecule has 13 heteroatoms. The van der Waals surface area contributed by atoms with Crippen LogP contribution in [0.5, 0.6) is 0 Å². The second-order valence-corrected chi connectivity index (χ2v) is 9.77. The van der Waals surface area contributed by atoms with Gasteiger partial charge in [0.25, 0.3) is 5.91 Å². The SMILES string of the molecule is O=C1NC(CCCC(=O)N2CCC(C(=O)c3ccc(Cl)cc3)CC2)N(OC(=O)C(F)(F)F)C2=C1COCC2. The highest BCUT2D eigenvalue weighted by Gasteiger charge is 2.46. The number of likely N-dealkylation sites (tertiary alicyclic amines) is 1. The van der Waals surface area contributed by atoms with Crippen molar-refractivity contribution in [2.75, 3.05) is 26.3 Å². The summed E-state index contributed by atoms with van der Waals surface area (Å²) in [4.78, 5) is 55.8. The first kappa shape index (κ1) is 27.9. The molecular weight excluding hydrogens is 531 g/mol. The first-order chi connectivity index (χ1) is 18.0. The summed E-state index contributed by atoms with van der Waals surface area (Å²) in [5, 5.41) is 3.89. The van der Waals surface area contributed by atoms with Gasteiger partial charge in [-0.2, -0.15) is 18.2 Å². The molecule has 1 fully saturated rings. The Labute approximate surface area is 221 Å². The predicted octanol–water partition coefficient (Wildman–Crippen LogP) is 3.38. The van der Waals surface area contributed by atoms with Gasteiger partial charge in [0.1, 0.15) is 6.17 Å². The van der Waals surface area contributed by atoms with Crippen molar-refractivity contribution in [3.63, 3.8) is 0 Å². The number of ether oxygens (including phenoxy) is 1. The molecule has 3 aliphatic heterocycles. The minimum absolute atomic E-state index is 0.0112. The number of piperidine rings is 1. The van der Waals surface area contributed by atoms with Gasteiger partial charge in [0, 0.05) is 42.4 Å². The van der Waals surface area contributed by atoms with Crippen LogP contribution >= 0.6 is 11.6 Å². The fraction of sp³-hybridized carbons (Fsp3) is 0.520. The normalized spacial score (nSPS) is 20.6. The van der Waals surface area contributed by atoms with Crippen molar-refractivity contribution in [3.05, 3.63) is 46.1 Å². The van der Waals surface area contributed by atoms with Crippen LogP contribution < -0.4 is 5.32 Å². The van der Waals surface area contributed by atoms with Gasteiger partial charge >= 0.3 is 12.1 Å². The predicted molar refractivity (Wildman–Crippen MR) is 127 cm³/mol. The number of hydroxylamine groups is 2. The van der Waals surface area contributed by atoms with Crippen molar-refractivity contribution in [2.45, 2.75) is 50.9 Å². The molecule has 1 atom stereocenters. The summed E-state index contributed by atoms with van der Waals surface area (Å²) in [7, 11) is 0. The molecule has 38 heavy (non-hydrogen) atoms. The maximum atomic E-state index is 12.9. The molecule has 0 saturated carbocycles. The Morgan fingerprint density at radius 2 is 1.82 bits per heavy atom. The molecule has 0 radical (unpaired) electrons. The van der Waals surface area contributed by atoms with Crippen LogP contribution in [0, 0.1) is 5.92 Å². The third-order valence-electron chi connectivity index (χ3n) is 6.83. The number of Topliss-reactive ketones (excluding diaryl/α,β-unsaturated/α-hetero) is 1. The maximum absolute atomic E-state index is 12.9. The third-order valence-corrected chi connectivity index (χ3v) is 7.08. The molecule has 3 aliphatic rings. The lowest BCUT2D eigenvalue weighted by Gasteiger charge is -2.40. The molecular formula is C25H27ClF3N3O6. The van der Waals surface area contributed by atoms with Gasteiger partial charge in [0.05, 0.1) is 24.5 Å². The molecule has 1 aromatic carbocycles. The number of nitrogens with zero attached hydrogens (tertiary/aromatic N) is 2. The molecule has 2 amide bonds. The molecule has 4 rings (SSSR count). The van der Waals surface area contributed by atoms with E-state index in [0.717, 1.165) is 5.06 Å². The van der Waals surface area contributed by atoms with Crippen molar-refractivity contribution in [2.24, 2.45) is 5.92 Å². The van der Waals surface area contributed by atoms with Crippen molar-refractivity contribution in [1.29, 1.82) is 0 Å². The van der Waals surface area contributed by atoms with Crippen LogP contribution in [0.2, 0.25) is 5.02 Å². The molecule has 1 unspecified atom stereocenters. The van der Waals surface area contributed by atoms with Crippen LogP contribution in [0.1, 0.15) is 48.9 Å². The Morgan fingerprint density at radius 1 is 1.13 bits per heavy atom. The maximum Gasteiger partial charge on any atom is 0.493 e. The molecule has 0 aromatic heterocycles. The monoisotopic (exact) mass is 557 g/mol. The van der Waals surface area contributed by atoms with Crippen LogP contribution in [-0.4, -0.2) is 72.2 Å². The minimum Gasteiger partial charge on any atom is -0.376 e. The van der Waals surface area contributed by atoms with E-state index in [0.29, 0.717) is 36.5 Å². The van der Waals surface area contributed by atoms with E-state index in [1.165, 1.54) is 0 Å². The summed E-state index contributed by atoms with van der Waals surface area (Å²) < 4.78 is 43.9. The standard InChI is InChI=1S/C25H27ClF3N3O6/c26-17-6-4-15(5-7-17)22(34)16-8-11-31(12-9-16)21(33)3-1-2-20-30-23(35)18-14-37-13-10-19(18)32(20)38-24(36)25(27,28)29/h4-7,16,20H,1-3,8-14H2,(H,30,35). The lowest BCUT2D eigenvalue weighted by atomic mass is 9.89. The summed E-state index contributed by atoms with van der Waals surface area (Å²) >= 11 is 5.88. The summed E-state index contributed by atoms with van der Waals surface area (Å²) in [5.41, 5.74) is 0.850. The number of hydrogen-bond donors (Lipinski definition) is 1. The van der Waals surface area contributed by atoms with E-state index in [1.54, 1.807) is 29.2 Å². The van der Waals surface area contributed by atoms with Gasteiger partial charge in [0.2, 0.25) is 5.91 Å². The number of alkyl halides is 3. The molecule has 1 saturated heterocycles. The largest absolute Gasteiger partial charge is 0.493 e. The first-order valence-electron chi connectivity index (χ1n) is 12.3. The second-order valence-electron chi connectivity index (χ2n) is 9.34. The highest BCUT2D eigenvalue weighted by atomic mass is 35.5. The smallest absolute Gasteiger partial charge is 0.376 e. The molecule has 206 valence electrons. The van der Waals surface area contributed by atoms with Crippen molar-refractivity contribution >= 4 is 35.2 Å². The number of amides is 2. The molecule has 0 spiro atoms. The molecule has 9 nitrogen and oxygen atoms in total. The molecule has 1 N–H and O–H groups in total. The first-order valence-corrected chi connectivity index (χ1v) is 12.7. The van der Waals surface area contributed by atoms with E-state index in [9.17, 15) is 32.3 Å². The Morgan fingerprint density at radius 3 is 2.47 bits per heavy atom. The number of benzene rings is 1. The van der Waals surface area contributed by atoms with Gasteiger partial charge in [0.15, 0.2) is 5.78 Å². The average Bonchev–Trinajstić information content (AvgIpc) is 2.90. The highest BCUT2D eigenvalue weighted by molar-refractivity contribution is 6.30. The van der Waals surface area contributed by atoms with Gasteiger partial charge in [-0.05, 0) is 49.9 Å². The molecule has 3 heterocycles. The van der Waals surface area contributed by atoms with E-state index in [2.05, 4.69) is 10.2 Å². The Kier molecular flexibility index (Phi) is 8.61. The number of hydrogen-bond acceptors (Lipinski definition) is 7. The summed E-state index contributed by atoms with van der Waals surface area (Å²) in [6.07, 6.45) is -4.74. The topological polar surface area (TPSA) is 105 Å². The van der Waals surface area contributed by atoms with Gasteiger partial charge in [-0.25, -0.2) is 4.79 Å². The zero-order chi connectivity index (χ0) is 27.4. The quantitative estimate of drug-likeness (QED) is 0.512. The van der Waals surface area contributed by atoms with E-state index < -0.39 is 24.2 Å². The van der Waals surface area contributed by atoms with Gasteiger partial charge in [-0.15, -0.1) is 0 Å². The van der Waals surface area contributed by atoms with E-state index in [1.807, 2.05) is 0 Å². The molecule has 0 bridgehead atoms. The fourth-order valence-electron chi connectivity index (χ4n) is 4.80. The average molecular weight is 558 g/mol. The Bertz CT molecular complexity index is 1120. The summed E-state index contributed by atoms with van der Waals surface area (Å²) in [5.74, 6) is -3.25. The minimum atomic E-state index is -5.21. The number of rotatable bonds is 7. The van der Waals surface area contributed by atoms with E-state index in [-0.39, 0.29) is 67.8 Å². The molecule has 0 aliphatic carbocycles. The van der Waals surface area contributed by atoms with Crippen LogP contribution in [0.25, 0.3) is 0 Å². The van der Waals surface area contributed by atoms with Crippen LogP contribution in [0.4, 0.5) is 13.2 Å². The zero-order valence-electron chi connectivity index (χ0n) is 20.4. The third kappa shape index (κ3) is 6.47. The second kappa shape index (κ2) is 11.7. The van der Waals surface area contributed by atoms with Crippen LogP contribution in [0.3, 0.4) is 0 Å². The number of nitrogens with one attached hydrogen (secondary N) is 1. The zero-order valence-corrected chi connectivity index (χ0v) is 21.1. The number of carbonyl (C=O) groups is 4. The van der Waals surface area contributed by atoms with Gasteiger partial charge in [-0.3, -0.25) is 14.4 Å². The Balaban J connectivity index is 1.30. The van der Waals surface area contributed by atoms with Crippen molar-refractivity contribution in [1.82, 2.24) is 15.3 Å². The number of carbonyl (C=O) groups excluding carboxylic acids is 4.